The Morgan fingerprint density at radius 3 is 2.34 bits per heavy atom. The van der Waals surface area contributed by atoms with Crippen LogP contribution in [-0.2, 0) is 29.6 Å². The van der Waals surface area contributed by atoms with E-state index < -0.39 is 29.7 Å². The van der Waals surface area contributed by atoms with Crippen molar-refractivity contribution in [3.8, 4) is 11.3 Å². The third kappa shape index (κ3) is 5.20. The lowest BCUT2D eigenvalue weighted by Gasteiger charge is -2.26. The normalized spacial score (nSPS) is 14.7. The van der Waals surface area contributed by atoms with Crippen LogP contribution in [0.3, 0.4) is 0 Å². The second-order valence-corrected chi connectivity index (χ2v) is 11.7. The molecule has 4 amide bonds. The van der Waals surface area contributed by atoms with E-state index in [0.29, 0.717) is 28.3 Å². The average Bonchev–Trinajstić information content (AvgIpc) is 3.67. The van der Waals surface area contributed by atoms with Gasteiger partial charge in [-0.3, -0.25) is 14.4 Å². The van der Waals surface area contributed by atoms with E-state index in [9.17, 15) is 19.2 Å². The van der Waals surface area contributed by atoms with Gasteiger partial charge in [-0.2, -0.15) is 0 Å². The molecule has 0 saturated carbocycles. The zero-order chi connectivity index (χ0) is 31.1. The summed E-state index contributed by atoms with van der Waals surface area (Å²) in [6, 6.07) is 19.1. The van der Waals surface area contributed by atoms with Gasteiger partial charge in [0, 0.05) is 24.3 Å². The monoisotopic (exact) mass is 626 g/mol. The van der Waals surface area contributed by atoms with Crippen LogP contribution >= 0.6 is 23.2 Å². The maximum Gasteiger partial charge on any atom is 0.328 e. The largest absolute Gasteiger partial charge is 0.343 e. The minimum atomic E-state index is -1.79. The van der Waals surface area contributed by atoms with Crippen molar-refractivity contribution in [2.24, 2.45) is 7.05 Å². The van der Waals surface area contributed by atoms with Gasteiger partial charge in [-0.25, -0.2) is 9.69 Å². The van der Waals surface area contributed by atoms with Gasteiger partial charge in [-0.15, -0.1) is 0 Å². The molecule has 1 aliphatic carbocycles. The van der Waals surface area contributed by atoms with E-state index in [1.807, 2.05) is 84.4 Å². The second kappa shape index (κ2) is 11.8. The quantitative estimate of drug-likeness (QED) is 0.137. The average molecular weight is 628 g/mol. The standard InChI is InChI=1S/C34H28Cl2N4O4/c1-20-16-26(25(36)17-24(20)35)37-33(43)31(40-28(41)19-39(34(40)44)18-21-10-5-3-6-11-21)32(42)29-23-14-9-15-27(23)38(2)30(29)22-12-7-4-8-13-22/h3-13,15-17,31H,14,18-19H2,1-2H3,(H,37,43). The van der Waals surface area contributed by atoms with E-state index >= 15 is 0 Å². The Labute approximate surface area is 264 Å². The van der Waals surface area contributed by atoms with Crippen LogP contribution in [0.4, 0.5) is 10.5 Å². The first kappa shape index (κ1) is 29.4. The summed E-state index contributed by atoms with van der Waals surface area (Å²) in [4.78, 5) is 58.5. The van der Waals surface area contributed by atoms with E-state index in [-0.39, 0.29) is 23.8 Å². The second-order valence-electron chi connectivity index (χ2n) is 10.8. The molecule has 0 radical (unpaired) electrons. The van der Waals surface area contributed by atoms with Crippen LogP contribution in [0.15, 0.2) is 78.9 Å². The first-order valence-electron chi connectivity index (χ1n) is 14.0. The number of aryl methyl sites for hydroxylation is 1. The number of carbonyl (C=O) groups excluding carboxylic acids is 4. The summed E-state index contributed by atoms with van der Waals surface area (Å²) in [7, 11) is 1.85. The summed E-state index contributed by atoms with van der Waals surface area (Å²) >= 11 is 12.6. The Kier molecular flexibility index (Phi) is 7.88. The van der Waals surface area contributed by atoms with Crippen molar-refractivity contribution in [3.05, 3.63) is 117 Å². The Hall–Kier alpha value is -4.66. The topological polar surface area (TPSA) is 91.7 Å². The van der Waals surface area contributed by atoms with E-state index in [0.717, 1.165) is 27.3 Å². The lowest BCUT2D eigenvalue weighted by Crippen LogP contribution is -2.52. The molecule has 2 heterocycles. The number of hydrogen-bond acceptors (Lipinski definition) is 4. The molecular weight excluding hydrogens is 599 g/mol. The summed E-state index contributed by atoms with van der Waals surface area (Å²) in [5, 5.41) is 3.26. The number of allylic oxidation sites excluding steroid dienone is 1. The summed E-state index contributed by atoms with van der Waals surface area (Å²) < 4.78 is 1.91. The molecule has 1 N–H and O–H groups in total. The van der Waals surface area contributed by atoms with Gasteiger partial charge in [0.2, 0.25) is 0 Å². The lowest BCUT2D eigenvalue weighted by atomic mass is 9.94. The zero-order valence-corrected chi connectivity index (χ0v) is 25.5. The number of benzene rings is 3. The van der Waals surface area contributed by atoms with E-state index in [1.54, 1.807) is 13.0 Å². The van der Waals surface area contributed by atoms with Crippen molar-refractivity contribution >= 4 is 58.6 Å². The number of urea groups is 1. The molecule has 8 nitrogen and oxygen atoms in total. The Bertz CT molecular complexity index is 1850. The fourth-order valence-electron chi connectivity index (χ4n) is 5.86. The number of anilines is 1. The number of ketones is 1. The molecule has 1 fully saturated rings. The van der Waals surface area contributed by atoms with Crippen molar-refractivity contribution in [1.29, 1.82) is 0 Å². The van der Waals surface area contributed by atoms with Gasteiger partial charge >= 0.3 is 6.03 Å². The molecule has 1 atom stereocenters. The minimum Gasteiger partial charge on any atom is -0.343 e. The van der Waals surface area contributed by atoms with Gasteiger partial charge in [0.25, 0.3) is 11.8 Å². The number of amides is 4. The number of Topliss-reactive ketones (excluding diaryl/α,β-unsaturated/α-hetero) is 1. The fourth-order valence-corrected chi connectivity index (χ4v) is 6.29. The highest BCUT2D eigenvalue weighted by atomic mass is 35.5. The van der Waals surface area contributed by atoms with Crippen LogP contribution in [0.1, 0.15) is 32.7 Å². The number of imide groups is 1. The van der Waals surface area contributed by atoms with Gasteiger partial charge in [0.15, 0.2) is 11.8 Å². The molecule has 1 aliphatic heterocycles. The van der Waals surface area contributed by atoms with Crippen LogP contribution in [0.5, 0.6) is 0 Å². The molecule has 44 heavy (non-hydrogen) atoms. The highest BCUT2D eigenvalue weighted by Gasteiger charge is 2.48. The van der Waals surface area contributed by atoms with Gasteiger partial charge in [0.05, 0.1) is 22.0 Å². The van der Waals surface area contributed by atoms with Crippen molar-refractivity contribution in [2.45, 2.75) is 25.9 Å². The summed E-state index contributed by atoms with van der Waals surface area (Å²) in [5.41, 5.74) is 4.88. The van der Waals surface area contributed by atoms with Crippen LogP contribution in [0.25, 0.3) is 17.3 Å². The molecule has 0 spiro atoms. The fraction of sp³-hybridized carbons (Fsp3) is 0.176. The smallest absolute Gasteiger partial charge is 0.328 e. The van der Waals surface area contributed by atoms with Crippen molar-refractivity contribution < 1.29 is 19.2 Å². The molecule has 222 valence electrons. The van der Waals surface area contributed by atoms with Gasteiger partial charge < -0.3 is 14.8 Å². The van der Waals surface area contributed by atoms with E-state index in [1.165, 1.54) is 11.0 Å². The first-order valence-corrected chi connectivity index (χ1v) is 14.8. The molecule has 1 unspecified atom stereocenters. The number of hydrogen-bond donors (Lipinski definition) is 1. The van der Waals surface area contributed by atoms with Crippen LogP contribution in [-0.4, -0.2) is 50.6 Å². The molecular formula is C34H28Cl2N4O4. The highest BCUT2D eigenvalue weighted by molar-refractivity contribution is 6.37. The number of nitrogens with zero attached hydrogens (tertiary/aromatic N) is 3. The molecule has 1 saturated heterocycles. The third-order valence-corrected chi connectivity index (χ3v) is 8.70. The molecule has 3 aromatic carbocycles. The first-order chi connectivity index (χ1) is 21.2. The van der Waals surface area contributed by atoms with Gasteiger partial charge in [-0.1, -0.05) is 89.9 Å². The minimum absolute atomic E-state index is 0.145. The maximum absolute atomic E-state index is 14.8. The number of aromatic nitrogens is 1. The lowest BCUT2D eigenvalue weighted by molar-refractivity contribution is -0.131. The number of fused-ring (bicyclic) bond motifs is 1. The number of rotatable bonds is 8. The third-order valence-electron chi connectivity index (χ3n) is 7.98. The van der Waals surface area contributed by atoms with Crippen LogP contribution < -0.4 is 5.32 Å². The van der Waals surface area contributed by atoms with Crippen LogP contribution in [0.2, 0.25) is 10.0 Å². The predicted molar refractivity (Wildman–Crippen MR) is 171 cm³/mol. The number of carbonyl (C=O) groups is 4. The van der Waals surface area contributed by atoms with E-state index in [4.69, 9.17) is 23.2 Å². The van der Waals surface area contributed by atoms with E-state index in [2.05, 4.69) is 5.32 Å². The number of nitrogens with one attached hydrogen (secondary N) is 1. The van der Waals surface area contributed by atoms with Crippen molar-refractivity contribution in [1.82, 2.24) is 14.4 Å². The Morgan fingerprint density at radius 2 is 1.64 bits per heavy atom. The molecule has 0 bridgehead atoms. The molecule has 4 aromatic rings. The summed E-state index contributed by atoms with van der Waals surface area (Å²) in [6.07, 6.45) is 4.34. The molecule has 6 rings (SSSR count). The molecule has 2 aliphatic rings. The molecule has 1 aromatic heterocycles. The summed E-state index contributed by atoms with van der Waals surface area (Å²) in [5.74, 6) is -2.17. The predicted octanol–water partition coefficient (Wildman–Crippen LogP) is 6.53. The Morgan fingerprint density at radius 1 is 0.955 bits per heavy atom. The zero-order valence-electron chi connectivity index (χ0n) is 24.0. The SMILES string of the molecule is Cc1cc(NC(=O)C(C(=O)c2c3c(n(C)c2-c2ccccc2)C=CC3)N2C(=O)CN(Cc3ccccc3)C2=O)c(Cl)cc1Cl. The van der Waals surface area contributed by atoms with Gasteiger partial charge in [-0.05, 0) is 53.8 Å². The number of halogens is 2. The maximum atomic E-state index is 14.8. The highest BCUT2D eigenvalue weighted by Crippen LogP contribution is 2.37. The van der Waals surface area contributed by atoms with Crippen LogP contribution in [0, 0.1) is 6.92 Å². The Balaban J connectivity index is 1.45. The summed E-state index contributed by atoms with van der Waals surface area (Å²) in [6.45, 7) is 1.62. The van der Waals surface area contributed by atoms with Crippen molar-refractivity contribution in [2.75, 3.05) is 11.9 Å². The van der Waals surface area contributed by atoms with Gasteiger partial charge in [0.1, 0.15) is 6.54 Å². The molecule has 10 heteroatoms. The van der Waals surface area contributed by atoms with Crippen molar-refractivity contribution in [3.63, 3.8) is 0 Å².